The third-order valence-electron chi connectivity index (χ3n) is 1.88. The SMILES string of the molecule is Cc1oc(C(=O)NC(C)(C)C)cc1CCl. The van der Waals surface area contributed by atoms with Crippen LogP contribution in [0.5, 0.6) is 0 Å². The molecule has 15 heavy (non-hydrogen) atoms. The van der Waals surface area contributed by atoms with Crippen molar-refractivity contribution in [2.45, 2.75) is 39.1 Å². The number of carbonyl (C=O) groups is 1. The fraction of sp³-hybridized carbons (Fsp3) is 0.545. The molecule has 0 aliphatic carbocycles. The number of amides is 1. The van der Waals surface area contributed by atoms with Gasteiger partial charge in [0.25, 0.3) is 5.91 Å². The molecule has 0 atom stereocenters. The molecular weight excluding hydrogens is 214 g/mol. The summed E-state index contributed by atoms with van der Waals surface area (Å²) in [6, 6.07) is 1.68. The van der Waals surface area contributed by atoms with E-state index in [1.54, 1.807) is 13.0 Å². The average Bonchev–Trinajstić information content (AvgIpc) is 2.43. The Morgan fingerprint density at radius 2 is 2.13 bits per heavy atom. The molecule has 1 aromatic rings. The topological polar surface area (TPSA) is 42.2 Å². The van der Waals surface area contributed by atoms with Gasteiger partial charge in [0.2, 0.25) is 0 Å². The van der Waals surface area contributed by atoms with E-state index in [-0.39, 0.29) is 11.4 Å². The maximum absolute atomic E-state index is 11.7. The highest BCUT2D eigenvalue weighted by Crippen LogP contribution is 2.17. The minimum Gasteiger partial charge on any atom is -0.456 e. The van der Waals surface area contributed by atoms with E-state index in [2.05, 4.69) is 5.32 Å². The number of carbonyl (C=O) groups excluding carboxylic acids is 1. The summed E-state index contributed by atoms with van der Waals surface area (Å²) in [5.41, 5.74) is 0.592. The largest absolute Gasteiger partial charge is 0.456 e. The summed E-state index contributed by atoms with van der Waals surface area (Å²) in [5, 5.41) is 2.82. The zero-order valence-corrected chi connectivity index (χ0v) is 10.2. The maximum Gasteiger partial charge on any atom is 0.287 e. The van der Waals surface area contributed by atoms with Crippen molar-refractivity contribution in [3.8, 4) is 0 Å². The van der Waals surface area contributed by atoms with E-state index in [4.69, 9.17) is 16.0 Å². The van der Waals surface area contributed by atoms with Gasteiger partial charge in [0, 0.05) is 11.1 Å². The van der Waals surface area contributed by atoms with E-state index in [0.717, 1.165) is 5.56 Å². The number of rotatable bonds is 2. The van der Waals surface area contributed by atoms with E-state index < -0.39 is 0 Å². The number of alkyl halides is 1. The predicted molar refractivity (Wildman–Crippen MR) is 60.2 cm³/mol. The Kier molecular flexibility index (Phi) is 3.45. The number of hydrogen-bond donors (Lipinski definition) is 1. The molecule has 0 radical (unpaired) electrons. The lowest BCUT2D eigenvalue weighted by Crippen LogP contribution is -2.40. The molecule has 4 heteroatoms. The third-order valence-corrected chi connectivity index (χ3v) is 2.16. The van der Waals surface area contributed by atoms with Gasteiger partial charge in [-0.15, -0.1) is 11.6 Å². The molecule has 84 valence electrons. The van der Waals surface area contributed by atoms with Gasteiger partial charge >= 0.3 is 0 Å². The summed E-state index contributed by atoms with van der Waals surface area (Å²) >= 11 is 5.69. The molecule has 0 aliphatic heterocycles. The molecule has 1 heterocycles. The standard InChI is InChI=1S/C11H16ClNO2/c1-7-8(6-12)5-9(15-7)10(14)13-11(2,3)4/h5H,6H2,1-4H3,(H,13,14). The fourth-order valence-electron chi connectivity index (χ4n) is 1.17. The van der Waals surface area contributed by atoms with Crippen molar-refractivity contribution < 1.29 is 9.21 Å². The summed E-state index contributed by atoms with van der Waals surface area (Å²) in [5.74, 6) is 1.17. The second-order valence-corrected chi connectivity index (χ2v) is 4.80. The van der Waals surface area contributed by atoms with Gasteiger partial charge in [0.05, 0.1) is 5.88 Å². The van der Waals surface area contributed by atoms with Crippen molar-refractivity contribution in [1.29, 1.82) is 0 Å². The maximum atomic E-state index is 11.7. The molecule has 1 amide bonds. The monoisotopic (exact) mass is 229 g/mol. The fourth-order valence-corrected chi connectivity index (χ4v) is 1.43. The van der Waals surface area contributed by atoms with E-state index in [1.807, 2.05) is 20.8 Å². The van der Waals surface area contributed by atoms with Crippen LogP contribution in [0.2, 0.25) is 0 Å². The van der Waals surface area contributed by atoms with Gasteiger partial charge in [-0.1, -0.05) is 0 Å². The van der Waals surface area contributed by atoms with Crippen LogP contribution in [0.1, 0.15) is 42.6 Å². The number of aryl methyl sites for hydroxylation is 1. The second-order valence-electron chi connectivity index (χ2n) is 4.53. The van der Waals surface area contributed by atoms with E-state index in [1.165, 1.54) is 0 Å². The zero-order chi connectivity index (χ0) is 11.6. The van der Waals surface area contributed by atoms with Gasteiger partial charge in [-0.3, -0.25) is 4.79 Å². The van der Waals surface area contributed by atoms with Crippen LogP contribution in [0.4, 0.5) is 0 Å². The molecular formula is C11H16ClNO2. The second kappa shape index (κ2) is 4.27. The summed E-state index contributed by atoms with van der Waals surface area (Å²) in [4.78, 5) is 11.7. The molecule has 0 fully saturated rings. The summed E-state index contributed by atoms with van der Waals surface area (Å²) in [7, 11) is 0. The Morgan fingerprint density at radius 3 is 2.53 bits per heavy atom. The first-order valence-electron chi connectivity index (χ1n) is 4.81. The number of hydrogen-bond acceptors (Lipinski definition) is 2. The van der Waals surface area contributed by atoms with E-state index in [9.17, 15) is 4.79 Å². The van der Waals surface area contributed by atoms with Crippen LogP contribution >= 0.6 is 11.6 Å². The molecule has 0 saturated carbocycles. The van der Waals surface area contributed by atoms with Gasteiger partial charge in [0.1, 0.15) is 5.76 Å². The molecule has 0 spiro atoms. The van der Waals surface area contributed by atoms with Crippen LogP contribution in [-0.2, 0) is 5.88 Å². The minimum absolute atomic E-state index is 0.207. The molecule has 1 aromatic heterocycles. The molecule has 3 nitrogen and oxygen atoms in total. The third kappa shape index (κ3) is 3.27. The average molecular weight is 230 g/mol. The smallest absolute Gasteiger partial charge is 0.287 e. The lowest BCUT2D eigenvalue weighted by molar-refractivity contribution is 0.0890. The molecule has 0 aliphatic rings. The quantitative estimate of drug-likeness (QED) is 0.793. The minimum atomic E-state index is -0.265. The van der Waals surface area contributed by atoms with Gasteiger partial charge < -0.3 is 9.73 Å². The van der Waals surface area contributed by atoms with Crippen molar-refractivity contribution >= 4 is 17.5 Å². The van der Waals surface area contributed by atoms with Gasteiger partial charge in [0.15, 0.2) is 5.76 Å². The summed E-state index contributed by atoms with van der Waals surface area (Å²) in [6.07, 6.45) is 0. The molecule has 1 N–H and O–H groups in total. The van der Waals surface area contributed by atoms with Gasteiger partial charge in [-0.2, -0.15) is 0 Å². The predicted octanol–water partition coefficient (Wildman–Crippen LogP) is 2.86. The lowest BCUT2D eigenvalue weighted by Gasteiger charge is -2.19. The number of furan rings is 1. The van der Waals surface area contributed by atoms with Gasteiger partial charge in [-0.05, 0) is 33.8 Å². The molecule has 0 aromatic carbocycles. The Bertz CT molecular complexity index is 363. The zero-order valence-electron chi connectivity index (χ0n) is 9.48. The molecule has 0 unspecified atom stereocenters. The van der Waals surface area contributed by atoms with Crippen molar-refractivity contribution in [2.24, 2.45) is 0 Å². The Balaban J connectivity index is 2.83. The Morgan fingerprint density at radius 1 is 1.53 bits per heavy atom. The van der Waals surface area contributed by atoms with Crippen LogP contribution in [0.3, 0.4) is 0 Å². The van der Waals surface area contributed by atoms with Crippen molar-refractivity contribution in [1.82, 2.24) is 5.32 Å². The van der Waals surface area contributed by atoms with E-state index in [0.29, 0.717) is 17.4 Å². The highest BCUT2D eigenvalue weighted by atomic mass is 35.5. The van der Waals surface area contributed by atoms with Crippen LogP contribution in [0.25, 0.3) is 0 Å². The Hall–Kier alpha value is -0.960. The normalized spacial score (nSPS) is 11.5. The van der Waals surface area contributed by atoms with Crippen molar-refractivity contribution in [2.75, 3.05) is 0 Å². The first-order valence-corrected chi connectivity index (χ1v) is 5.35. The van der Waals surface area contributed by atoms with Crippen LogP contribution in [-0.4, -0.2) is 11.4 Å². The first kappa shape index (κ1) is 12.1. The van der Waals surface area contributed by atoms with Crippen LogP contribution < -0.4 is 5.32 Å². The van der Waals surface area contributed by atoms with Gasteiger partial charge in [-0.25, -0.2) is 0 Å². The molecule has 0 bridgehead atoms. The van der Waals surface area contributed by atoms with E-state index >= 15 is 0 Å². The Labute approximate surface area is 94.8 Å². The van der Waals surface area contributed by atoms with Crippen LogP contribution in [0.15, 0.2) is 10.5 Å². The molecule has 0 saturated heterocycles. The number of nitrogens with one attached hydrogen (secondary N) is 1. The summed E-state index contributed by atoms with van der Waals surface area (Å²) < 4.78 is 5.32. The first-order chi connectivity index (χ1) is 6.83. The highest BCUT2D eigenvalue weighted by molar-refractivity contribution is 6.17. The summed E-state index contributed by atoms with van der Waals surface area (Å²) in [6.45, 7) is 7.56. The molecule has 1 rings (SSSR count). The van der Waals surface area contributed by atoms with Crippen molar-refractivity contribution in [3.63, 3.8) is 0 Å². The van der Waals surface area contributed by atoms with Crippen molar-refractivity contribution in [3.05, 3.63) is 23.2 Å². The highest BCUT2D eigenvalue weighted by Gasteiger charge is 2.19. The number of halogens is 1. The lowest BCUT2D eigenvalue weighted by atomic mass is 10.1. The van der Waals surface area contributed by atoms with Crippen LogP contribution in [0, 0.1) is 6.92 Å².